The van der Waals surface area contributed by atoms with Crippen LogP contribution in [-0.2, 0) is 6.42 Å². The Kier molecular flexibility index (Phi) is 4.01. The molecule has 2 aromatic rings. The number of aromatic nitrogens is 3. The predicted octanol–water partition coefficient (Wildman–Crippen LogP) is 2.74. The number of hydrogen-bond acceptors (Lipinski definition) is 3. The van der Waals surface area contributed by atoms with Gasteiger partial charge in [0.2, 0.25) is 0 Å². The van der Waals surface area contributed by atoms with Crippen LogP contribution in [0.1, 0.15) is 30.9 Å². The van der Waals surface area contributed by atoms with E-state index >= 15 is 0 Å². The van der Waals surface area contributed by atoms with E-state index < -0.39 is 0 Å². The molecule has 1 aliphatic rings. The van der Waals surface area contributed by atoms with E-state index in [1.54, 1.807) is 16.8 Å². The molecule has 1 saturated heterocycles. The highest BCUT2D eigenvalue weighted by Gasteiger charge is 2.23. The van der Waals surface area contributed by atoms with Crippen molar-refractivity contribution in [2.75, 3.05) is 13.6 Å². The molecule has 0 radical (unpaired) electrons. The zero-order valence-corrected chi connectivity index (χ0v) is 12.6. The molecule has 1 fully saturated rings. The normalized spacial score (nSPS) is 19.9. The van der Waals surface area contributed by atoms with Gasteiger partial charge in [-0.1, -0.05) is 18.6 Å². The second-order valence-electron chi connectivity index (χ2n) is 5.77. The number of nitrogens with zero attached hydrogens (tertiary/aromatic N) is 4. The fourth-order valence-corrected chi connectivity index (χ4v) is 3.02. The molecule has 0 aliphatic carbocycles. The van der Waals surface area contributed by atoms with Gasteiger partial charge in [0.25, 0.3) is 0 Å². The van der Waals surface area contributed by atoms with Crippen LogP contribution >= 0.6 is 0 Å². The number of likely N-dealkylation sites (tertiary alicyclic amines) is 1. The second kappa shape index (κ2) is 5.93. The Morgan fingerprint density at radius 1 is 1.29 bits per heavy atom. The number of halogens is 1. The third-order valence-electron chi connectivity index (χ3n) is 4.20. The van der Waals surface area contributed by atoms with Crippen molar-refractivity contribution in [2.45, 2.75) is 38.6 Å². The zero-order chi connectivity index (χ0) is 14.8. The lowest BCUT2D eigenvalue weighted by atomic mass is 10.00. The van der Waals surface area contributed by atoms with Gasteiger partial charge in [-0.15, -0.1) is 0 Å². The first-order chi connectivity index (χ1) is 10.1. The Morgan fingerprint density at radius 2 is 2.10 bits per heavy atom. The number of benzene rings is 1. The summed E-state index contributed by atoms with van der Waals surface area (Å²) in [6.45, 7) is 2.98. The van der Waals surface area contributed by atoms with Crippen molar-refractivity contribution in [1.29, 1.82) is 0 Å². The molecule has 4 nitrogen and oxygen atoms in total. The van der Waals surface area contributed by atoms with Gasteiger partial charge in [0.1, 0.15) is 23.2 Å². The highest BCUT2D eigenvalue weighted by molar-refractivity contribution is 5.33. The van der Waals surface area contributed by atoms with Crippen LogP contribution in [0, 0.1) is 12.7 Å². The number of aryl methyl sites for hydroxylation is 1. The maximum atomic E-state index is 14.0. The largest absolute Gasteiger partial charge is 0.303 e. The predicted molar refractivity (Wildman–Crippen MR) is 80.0 cm³/mol. The highest BCUT2D eigenvalue weighted by Crippen LogP contribution is 2.21. The minimum absolute atomic E-state index is 0.263. The van der Waals surface area contributed by atoms with Crippen LogP contribution in [-0.4, -0.2) is 39.3 Å². The van der Waals surface area contributed by atoms with Crippen molar-refractivity contribution in [3.8, 4) is 5.69 Å². The second-order valence-corrected chi connectivity index (χ2v) is 5.77. The average Bonchev–Trinajstić information content (AvgIpc) is 2.82. The average molecular weight is 288 g/mol. The fourth-order valence-electron chi connectivity index (χ4n) is 3.02. The van der Waals surface area contributed by atoms with E-state index in [0.717, 1.165) is 18.8 Å². The summed E-state index contributed by atoms with van der Waals surface area (Å²) in [6, 6.07) is 7.19. The molecule has 0 saturated carbocycles. The lowest BCUT2D eigenvalue weighted by molar-refractivity contribution is 0.182. The topological polar surface area (TPSA) is 34.0 Å². The third kappa shape index (κ3) is 2.97. The Bertz CT molecular complexity index is 622. The minimum Gasteiger partial charge on any atom is -0.303 e. The summed E-state index contributed by atoms with van der Waals surface area (Å²) in [5.74, 6) is 1.27. The number of para-hydroxylation sites is 1. The molecular weight excluding hydrogens is 267 g/mol. The molecule has 0 amide bonds. The lowest BCUT2D eigenvalue weighted by Gasteiger charge is -2.32. The van der Waals surface area contributed by atoms with Crippen molar-refractivity contribution < 1.29 is 4.39 Å². The van der Waals surface area contributed by atoms with Crippen molar-refractivity contribution in [3.63, 3.8) is 0 Å². The fraction of sp³-hybridized carbons (Fsp3) is 0.500. The zero-order valence-electron chi connectivity index (χ0n) is 12.6. The van der Waals surface area contributed by atoms with Crippen molar-refractivity contribution in [2.24, 2.45) is 0 Å². The maximum absolute atomic E-state index is 14.0. The SMILES string of the molecule is Cc1nc(CC2CCCCN2C)n(-c2ccccc2F)n1. The Morgan fingerprint density at radius 3 is 2.86 bits per heavy atom. The third-order valence-corrected chi connectivity index (χ3v) is 4.20. The van der Waals surface area contributed by atoms with Crippen LogP contribution in [0.15, 0.2) is 24.3 Å². The summed E-state index contributed by atoms with van der Waals surface area (Å²) in [6.07, 6.45) is 4.49. The van der Waals surface area contributed by atoms with Crippen LogP contribution < -0.4 is 0 Å². The summed E-state index contributed by atoms with van der Waals surface area (Å²) >= 11 is 0. The summed E-state index contributed by atoms with van der Waals surface area (Å²) < 4.78 is 15.7. The van der Waals surface area contributed by atoms with Gasteiger partial charge >= 0.3 is 0 Å². The molecule has 0 N–H and O–H groups in total. The van der Waals surface area contributed by atoms with Crippen molar-refractivity contribution in [3.05, 3.63) is 41.7 Å². The first-order valence-electron chi connectivity index (χ1n) is 7.53. The summed E-state index contributed by atoms with van der Waals surface area (Å²) in [4.78, 5) is 6.89. The van der Waals surface area contributed by atoms with Crippen molar-refractivity contribution in [1.82, 2.24) is 19.7 Å². The van der Waals surface area contributed by atoms with Crippen molar-refractivity contribution >= 4 is 0 Å². The van der Waals surface area contributed by atoms with Crippen LogP contribution in [0.25, 0.3) is 5.69 Å². The quantitative estimate of drug-likeness (QED) is 0.871. The molecule has 21 heavy (non-hydrogen) atoms. The molecular formula is C16H21FN4. The molecule has 1 atom stereocenters. The van der Waals surface area contributed by atoms with E-state index in [2.05, 4.69) is 22.0 Å². The van der Waals surface area contributed by atoms with Gasteiger partial charge in [0.05, 0.1) is 0 Å². The summed E-state index contributed by atoms with van der Waals surface area (Å²) in [7, 11) is 2.15. The number of likely N-dealkylation sites (N-methyl/N-ethyl adjacent to an activating group) is 1. The van der Waals surface area contributed by atoms with Gasteiger partial charge in [0, 0.05) is 12.5 Å². The van der Waals surface area contributed by atoms with E-state index in [9.17, 15) is 4.39 Å². The highest BCUT2D eigenvalue weighted by atomic mass is 19.1. The van der Waals surface area contributed by atoms with Crippen LogP contribution in [0.4, 0.5) is 4.39 Å². The molecule has 1 aromatic heterocycles. The standard InChI is InChI=1S/C16H21FN4/c1-12-18-16(11-13-7-5-6-10-20(13)2)21(19-12)15-9-4-3-8-14(15)17/h3-4,8-9,13H,5-7,10-11H2,1-2H3. The molecule has 3 rings (SSSR count). The number of rotatable bonds is 3. The van der Waals surface area contributed by atoms with E-state index in [1.165, 1.54) is 25.3 Å². The van der Waals surface area contributed by atoms with Gasteiger partial charge in [-0.25, -0.2) is 14.1 Å². The van der Waals surface area contributed by atoms with E-state index in [4.69, 9.17) is 0 Å². The van der Waals surface area contributed by atoms with E-state index in [-0.39, 0.29) is 5.82 Å². The lowest BCUT2D eigenvalue weighted by Crippen LogP contribution is -2.38. The molecule has 0 bridgehead atoms. The van der Waals surface area contributed by atoms with Crippen LogP contribution in [0.5, 0.6) is 0 Å². The maximum Gasteiger partial charge on any atom is 0.148 e. The Hall–Kier alpha value is -1.75. The Balaban J connectivity index is 1.91. The van der Waals surface area contributed by atoms with Crippen LogP contribution in [0.2, 0.25) is 0 Å². The van der Waals surface area contributed by atoms with Gasteiger partial charge in [0.15, 0.2) is 0 Å². The summed E-state index contributed by atoms with van der Waals surface area (Å²) in [5, 5.41) is 4.38. The van der Waals surface area contributed by atoms with Gasteiger partial charge < -0.3 is 4.90 Å². The first kappa shape index (κ1) is 14.2. The first-order valence-corrected chi connectivity index (χ1v) is 7.53. The smallest absolute Gasteiger partial charge is 0.148 e. The molecule has 2 heterocycles. The Labute approximate surface area is 124 Å². The molecule has 0 spiro atoms. The molecule has 1 unspecified atom stereocenters. The monoisotopic (exact) mass is 288 g/mol. The van der Waals surface area contributed by atoms with E-state index in [1.807, 2.05) is 13.0 Å². The summed E-state index contributed by atoms with van der Waals surface area (Å²) in [5.41, 5.74) is 0.478. The van der Waals surface area contributed by atoms with Gasteiger partial charge in [-0.3, -0.25) is 0 Å². The number of hydrogen-bond donors (Lipinski definition) is 0. The van der Waals surface area contributed by atoms with E-state index in [0.29, 0.717) is 17.6 Å². The molecule has 1 aromatic carbocycles. The number of piperidine rings is 1. The minimum atomic E-state index is -0.263. The van der Waals surface area contributed by atoms with Gasteiger partial charge in [-0.2, -0.15) is 5.10 Å². The van der Waals surface area contributed by atoms with Crippen LogP contribution in [0.3, 0.4) is 0 Å². The van der Waals surface area contributed by atoms with Gasteiger partial charge in [-0.05, 0) is 45.5 Å². The molecule has 5 heteroatoms. The molecule has 1 aliphatic heterocycles. The molecule has 112 valence electrons.